The Kier molecular flexibility index (Phi) is 6.99. The topological polar surface area (TPSA) is 75.5 Å². The molecule has 2 aliphatic heterocycles. The van der Waals surface area contributed by atoms with Crippen LogP contribution in [-0.2, 0) is 32.4 Å². The number of rotatable bonds is 7. The molecule has 0 saturated heterocycles. The highest BCUT2D eigenvalue weighted by atomic mass is 16.5. The van der Waals surface area contributed by atoms with Crippen molar-refractivity contribution in [2.75, 3.05) is 45.2 Å². The van der Waals surface area contributed by atoms with E-state index in [9.17, 15) is 4.79 Å². The van der Waals surface area contributed by atoms with Crippen molar-refractivity contribution in [2.24, 2.45) is 0 Å². The van der Waals surface area contributed by atoms with Crippen LogP contribution < -0.4 is 15.0 Å². The number of nitrogens with one attached hydrogen (secondary N) is 1. The molecule has 0 unspecified atom stereocenters. The molecule has 1 N–H and O–H groups in total. The Hall–Kier alpha value is -3.39. The summed E-state index contributed by atoms with van der Waals surface area (Å²) >= 11 is 0. The molecule has 0 fully saturated rings. The van der Waals surface area contributed by atoms with Crippen LogP contribution in [0.3, 0.4) is 0 Å². The van der Waals surface area contributed by atoms with Crippen LogP contribution in [0.5, 0.6) is 5.75 Å². The molecule has 3 heterocycles. The molecule has 0 spiro atoms. The lowest BCUT2D eigenvalue weighted by Gasteiger charge is -2.28. The minimum absolute atomic E-state index is 0.0920. The third-order valence-corrected chi connectivity index (χ3v) is 7.08. The molecule has 184 valence electrons. The van der Waals surface area contributed by atoms with Gasteiger partial charge in [0.05, 0.1) is 7.11 Å². The number of aromatic nitrogens is 3. The van der Waals surface area contributed by atoms with Crippen LogP contribution in [0.2, 0.25) is 0 Å². The van der Waals surface area contributed by atoms with E-state index in [-0.39, 0.29) is 5.91 Å². The van der Waals surface area contributed by atoms with Crippen molar-refractivity contribution in [2.45, 2.75) is 38.8 Å². The van der Waals surface area contributed by atoms with Gasteiger partial charge in [0.15, 0.2) is 0 Å². The van der Waals surface area contributed by atoms with E-state index < -0.39 is 0 Å². The highest BCUT2D eigenvalue weighted by Gasteiger charge is 2.20. The van der Waals surface area contributed by atoms with Crippen LogP contribution in [-0.4, -0.2) is 65.9 Å². The van der Waals surface area contributed by atoms with Gasteiger partial charge in [-0.3, -0.25) is 9.69 Å². The molecule has 2 aliphatic rings. The number of methoxy groups -OCH3 is 1. The van der Waals surface area contributed by atoms with Crippen LogP contribution >= 0.6 is 0 Å². The molecule has 3 aromatic rings. The van der Waals surface area contributed by atoms with Gasteiger partial charge in [-0.2, -0.15) is 0 Å². The smallest absolute Gasteiger partial charge is 0.251 e. The average Bonchev–Trinajstić information content (AvgIpc) is 3.15. The quantitative estimate of drug-likeness (QED) is 0.568. The summed E-state index contributed by atoms with van der Waals surface area (Å²) in [6.07, 6.45) is 3.95. The Morgan fingerprint density at radius 3 is 2.71 bits per heavy atom. The number of fused-ring (bicyclic) bond motifs is 2. The molecular weight excluding hydrogens is 440 g/mol. The number of carbonyl (C=O) groups excluding carboxylic acids is 1. The van der Waals surface area contributed by atoms with Gasteiger partial charge in [0.2, 0.25) is 0 Å². The summed E-state index contributed by atoms with van der Waals surface area (Å²) in [7, 11) is 3.80. The average molecular weight is 475 g/mol. The van der Waals surface area contributed by atoms with Crippen LogP contribution in [0.1, 0.15) is 39.6 Å². The Balaban J connectivity index is 1.15. The minimum Gasteiger partial charge on any atom is -0.497 e. The standard InChI is InChI=1S/C27H34N6O2/c1-31-14-3-4-22-18-20(5-10-24(22)31)19-32-15-12-26-30-29-25(33(26)17-16-32)11-13-28-27(34)21-6-8-23(35-2)9-7-21/h5-10,18H,3-4,11-17,19H2,1-2H3,(H,28,34). The molecule has 8 heteroatoms. The van der Waals surface area contributed by atoms with E-state index in [4.69, 9.17) is 4.74 Å². The number of amides is 1. The maximum atomic E-state index is 12.4. The van der Waals surface area contributed by atoms with Gasteiger partial charge in [0, 0.05) is 70.4 Å². The van der Waals surface area contributed by atoms with Crippen LogP contribution in [0.4, 0.5) is 5.69 Å². The third kappa shape index (κ3) is 5.32. The molecule has 1 aromatic heterocycles. The number of hydrogen-bond acceptors (Lipinski definition) is 6. The summed E-state index contributed by atoms with van der Waals surface area (Å²) in [5, 5.41) is 11.9. The predicted octanol–water partition coefficient (Wildman–Crippen LogP) is 2.70. The zero-order valence-electron chi connectivity index (χ0n) is 20.7. The molecule has 8 nitrogen and oxygen atoms in total. The SMILES string of the molecule is COc1ccc(C(=O)NCCc2nnc3n2CCN(Cc2ccc4c(c2)CCCN4C)CC3)cc1. The monoisotopic (exact) mass is 474 g/mol. The molecule has 1 amide bonds. The number of hydrogen-bond donors (Lipinski definition) is 1. The second-order valence-corrected chi connectivity index (χ2v) is 9.43. The Bertz CT molecular complexity index is 1170. The first kappa shape index (κ1) is 23.4. The number of aryl methyl sites for hydroxylation is 1. The van der Waals surface area contributed by atoms with Crippen molar-refractivity contribution >= 4 is 11.6 Å². The molecule has 0 atom stereocenters. The highest BCUT2D eigenvalue weighted by Crippen LogP contribution is 2.27. The molecule has 2 aromatic carbocycles. The molecule has 0 saturated carbocycles. The number of benzene rings is 2. The summed E-state index contributed by atoms with van der Waals surface area (Å²) < 4.78 is 7.39. The lowest BCUT2D eigenvalue weighted by molar-refractivity contribution is 0.0954. The predicted molar refractivity (Wildman–Crippen MR) is 136 cm³/mol. The second-order valence-electron chi connectivity index (χ2n) is 9.43. The van der Waals surface area contributed by atoms with Gasteiger partial charge < -0.3 is 19.5 Å². The maximum absolute atomic E-state index is 12.4. The van der Waals surface area contributed by atoms with Gasteiger partial charge in [-0.25, -0.2) is 0 Å². The summed E-state index contributed by atoms with van der Waals surface area (Å²) in [4.78, 5) is 17.3. The first-order valence-corrected chi connectivity index (χ1v) is 12.5. The van der Waals surface area contributed by atoms with E-state index in [0.29, 0.717) is 18.5 Å². The summed E-state index contributed by atoms with van der Waals surface area (Å²) in [5.74, 6) is 2.62. The van der Waals surface area contributed by atoms with Gasteiger partial charge in [-0.05, 0) is 54.3 Å². The van der Waals surface area contributed by atoms with E-state index in [0.717, 1.165) is 56.5 Å². The zero-order valence-corrected chi connectivity index (χ0v) is 20.7. The second kappa shape index (κ2) is 10.5. The Morgan fingerprint density at radius 2 is 1.89 bits per heavy atom. The number of anilines is 1. The minimum atomic E-state index is -0.0920. The number of carbonyl (C=O) groups is 1. The van der Waals surface area contributed by atoms with E-state index in [1.54, 1.807) is 31.4 Å². The van der Waals surface area contributed by atoms with E-state index in [2.05, 4.69) is 55.1 Å². The highest BCUT2D eigenvalue weighted by molar-refractivity contribution is 5.94. The molecule has 5 rings (SSSR count). The summed E-state index contributed by atoms with van der Waals surface area (Å²) in [6, 6.07) is 14.1. The van der Waals surface area contributed by atoms with Gasteiger partial charge in [-0.15, -0.1) is 10.2 Å². The lowest BCUT2D eigenvalue weighted by atomic mass is 9.99. The largest absolute Gasteiger partial charge is 0.497 e. The first-order valence-electron chi connectivity index (χ1n) is 12.5. The fourth-order valence-electron chi connectivity index (χ4n) is 5.10. The van der Waals surface area contributed by atoms with Crippen LogP contribution in [0.15, 0.2) is 42.5 Å². The first-order chi connectivity index (χ1) is 17.1. The third-order valence-electron chi connectivity index (χ3n) is 7.08. The van der Waals surface area contributed by atoms with Crippen molar-refractivity contribution in [3.8, 4) is 5.75 Å². The summed E-state index contributed by atoms with van der Waals surface area (Å²) in [6.45, 7) is 5.44. The Labute approximate surface area is 206 Å². The molecule has 35 heavy (non-hydrogen) atoms. The number of nitrogens with zero attached hydrogens (tertiary/aromatic N) is 5. The lowest BCUT2D eigenvalue weighted by Crippen LogP contribution is -2.28. The normalized spacial score (nSPS) is 15.8. The molecular formula is C27H34N6O2. The van der Waals surface area contributed by atoms with E-state index in [1.165, 1.54) is 29.7 Å². The molecule has 0 radical (unpaired) electrons. The van der Waals surface area contributed by atoms with Crippen LogP contribution in [0.25, 0.3) is 0 Å². The zero-order chi connectivity index (χ0) is 24.2. The van der Waals surface area contributed by atoms with E-state index in [1.807, 2.05) is 0 Å². The summed E-state index contributed by atoms with van der Waals surface area (Å²) in [5.41, 5.74) is 4.86. The van der Waals surface area contributed by atoms with Gasteiger partial charge >= 0.3 is 0 Å². The molecule has 0 aliphatic carbocycles. The van der Waals surface area contributed by atoms with Crippen molar-refractivity contribution in [3.05, 3.63) is 70.8 Å². The number of ether oxygens (including phenoxy) is 1. The molecule has 0 bridgehead atoms. The fourth-order valence-corrected chi connectivity index (χ4v) is 5.10. The van der Waals surface area contributed by atoms with Gasteiger partial charge in [0.25, 0.3) is 5.91 Å². The van der Waals surface area contributed by atoms with Gasteiger partial charge in [-0.1, -0.05) is 12.1 Å². The van der Waals surface area contributed by atoms with Crippen molar-refractivity contribution < 1.29 is 9.53 Å². The Morgan fingerprint density at radius 1 is 1.03 bits per heavy atom. The van der Waals surface area contributed by atoms with Crippen molar-refractivity contribution in [1.82, 2.24) is 25.0 Å². The van der Waals surface area contributed by atoms with E-state index >= 15 is 0 Å². The maximum Gasteiger partial charge on any atom is 0.251 e. The van der Waals surface area contributed by atoms with Crippen molar-refractivity contribution in [1.29, 1.82) is 0 Å². The van der Waals surface area contributed by atoms with Crippen molar-refractivity contribution in [3.63, 3.8) is 0 Å². The van der Waals surface area contributed by atoms with Gasteiger partial charge in [0.1, 0.15) is 17.4 Å². The van der Waals surface area contributed by atoms with Crippen LogP contribution in [0, 0.1) is 0 Å². The fraction of sp³-hybridized carbons (Fsp3) is 0.444.